The quantitative estimate of drug-likeness (QED) is 0.195. The van der Waals surface area contributed by atoms with Crippen molar-refractivity contribution in [1.82, 2.24) is 30.1 Å². The highest BCUT2D eigenvalue weighted by Crippen LogP contribution is 2.33. The van der Waals surface area contributed by atoms with E-state index in [4.69, 9.17) is 9.15 Å². The maximum atomic E-state index is 14.3. The lowest BCUT2D eigenvalue weighted by Crippen LogP contribution is -2.42. The van der Waals surface area contributed by atoms with Crippen molar-refractivity contribution in [2.75, 3.05) is 30.8 Å². The van der Waals surface area contributed by atoms with E-state index in [1.807, 2.05) is 12.1 Å². The maximum Gasteiger partial charge on any atom is 0.315 e. The molecule has 0 unspecified atom stereocenters. The van der Waals surface area contributed by atoms with Crippen molar-refractivity contribution >= 4 is 23.1 Å². The highest BCUT2D eigenvalue weighted by molar-refractivity contribution is 6.00. The monoisotopic (exact) mass is 577 g/mol. The standard InChI is InChI=1S/C28H32FN9O4/c1-28(2,40)24(29)14-32-26(39)20-13-31-22(23-5-4-19-8-17(10-30)12-34-38(19)23)9-21(20)35-18-6-16(7-18)11-33-27-37-36-25(42-27)15-41-3/h4-5,8-9,12-13,16,18,24,40H,6-7,11,14-15H2,1-3H3,(H,31,35)(H,32,39)(H,33,37)/t16-,18-,24-/m1/s1. The number of fused-ring (bicyclic) bond motifs is 1. The molecule has 0 radical (unpaired) electrons. The molecule has 1 fully saturated rings. The number of alkyl halides is 1. The Balaban J connectivity index is 1.31. The third-order valence-electron chi connectivity index (χ3n) is 7.12. The molecule has 0 aromatic carbocycles. The van der Waals surface area contributed by atoms with Crippen LogP contribution in [0.5, 0.6) is 0 Å². The van der Waals surface area contributed by atoms with Gasteiger partial charge in [0.1, 0.15) is 18.8 Å². The van der Waals surface area contributed by atoms with Gasteiger partial charge in [-0.15, -0.1) is 5.10 Å². The van der Waals surface area contributed by atoms with E-state index < -0.39 is 17.7 Å². The minimum Gasteiger partial charge on any atom is -0.406 e. The number of hydrogen-bond donors (Lipinski definition) is 4. The Hall–Kier alpha value is -4.61. The molecule has 4 aromatic rings. The molecule has 1 aliphatic rings. The zero-order chi connectivity index (χ0) is 29.9. The molecule has 4 N–H and O–H groups in total. The van der Waals surface area contributed by atoms with E-state index in [1.165, 1.54) is 26.2 Å². The third-order valence-corrected chi connectivity index (χ3v) is 7.12. The molecule has 0 spiro atoms. The summed E-state index contributed by atoms with van der Waals surface area (Å²) < 4.78 is 26.5. The number of nitriles is 1. The van der Waals surface area contributed by atoms with E-state index >= 15 is 0 Å². The van der Waals surface area contributed by atoms with Crippen LogP contribution < -0.4 is 16.0 Å². The van der Waals surface area contributed by atoms with Gasteiger partial charge in [-0.2, -0.15) is 10.4 Å². The molecule has 0 bridgehead atoms. The van der Waals surface area contributed by atoms with Crippen LogP contribution >= 0.6 is 0 Å². The van der Waals surface area contributed by atoms with Gasteiger partial charge in [0, 0.05) is 25.9 Å². The highest BCUT2D eigenvalue weighted by atomic mass is 19.1. The lowest BCUT2D eigenvalue weighted by atomic mass is 9.80. The molecular weight excluding hydrogens is 545 g/mol. The summed E-state index contributed by atoms with van der Waals surface area (Å²) in [5.41, 5.74) is 1.61. The van der Waals surface area contributed by atoms with Crippen LogP contribution in [0, 0.1) is 17.2 Å². The van der Waals surface area contributed by atoms with Crippen LogP contribution in [0.25, 0.3) is 16.9 Å². The fraction of sp³-hybridized carbons (Fsp3) is 0.429. The van der Waals surface area contributed by atoms with Crippen molar-refractivity contribution in [2.24, 2.45) is 5.92 Å². The number of halogens is 1. The van der Waals surface area contributed by atoms with Crippen LogP contribution in [0.15, 0.2) is 41.1 Å². The summed E-state index contributed by atoms with van der Waals surface area (Å²) in [7, 11) is 1.55. The molecule has 42 heavy (non-hydrogen) atoms. The molecule has 0 aliphatic heterocycles. The molecule has 4 heterocycles. The van der Waals surface area contributed by atoms with Gasteiger partial charge >= 0.3 is 6.01 Å². The normalized spacial score (nSPS) is 17.3. The fourth-order valence-corrected chi connectivity index (χ4v) is 4.66. The molecule has 220 valence electrons. The Morgan fingerprint density at radius 2 is 2.12 bits per heavy atom. The fourth-order valence-electron chi connectivity index (χ4n) is 4.66. The van der Waals surface area contributed by atoms with Gasteiger partial charge in [-0.3, -0.25) is 9.78 Å². The number of aliphatic hydroxyl groups is 1. The lowest BCUT2D eigenvalue weighted by Gasteiger charge is -2.36. The molecule has 0 saturated heterocycles. The lowest BCUT2D eigenvalue weighted by molar-refractivity contribution is -0.00177. The second-order valence-corrected chi connectivity index (χ2v) is 10.9. The van der Waals surface area contributed by atoms with Gasteiger partial charge in [0.05, 0.1) is 52.1 Å². The summed E-state index contributed by atoms with van der Waals surface area (Å²) in [6, 6.07) is 9.66. The number of pyridine rings is 1. The van der Waals surface area contributed by atoms with Gasteiger partial charge in [0.15, 0.2) is 0 Å². The van der Waals surface area contributed by atoms with Crippen molar-refractivity contribution in [3.05, 3.63) is 53.7 Å². The first kappa shape index (κ1) is 28.9. The number of aromatic nitrogens is 5. The van der Waals surface area contributed by atoms with E-state index in [-0.39, 0.29) is 24.8 Å². The molecule has 4 aromatic heterocycles. The third kappa shape index (κ3) is 6.48. The Kier molecular flexibility index (Phi) is 8.32. The van der Waals surface area contributed by atoms with E-state index in [9.17, 15) is 19.6 Å². The Morgan fingerprint density at radius 1 is 1.31 bits per heavy atom. The van der Waals surface area contributed by atoms with Gasteiger partial charge in [-0.05, 0) is 56.9 Å². The van der Waals surface area contributed by atoms with Crippen molar-refractivity contribution in [3.8, 4) is 17.5 Å². The number of anilines is 2. The van der Waals surface area contributed by atoms with E-state index in [0.717, 1.165) is 18.4 Å². The number of nitrogens with zero attached hydrogens (tertiary/aromatic N) is 6. The number of carbonyl (C=O) groups is 1. The predicted octanol–water partition coefficient (Wildman–Crippen LogP) is 2.94. The molecule has 5 rings (SSSR count). The predicted molar refractivity (Wildman–Crippen MR) is 150 cm³/mol. The summed E-state index contributed by atoms with van der Waals surface area (Å²) in [6.07, 6.45) is 2.91. The van der Waals surface area contributed by atoms with E-state index in [1.54, 1.807) is 23.8 Å². The second-order valence-electron chi connectivity index (χ2n) is 10.9. The minimum atomic E-state index is -1.65. The number of nitrogens with one attached hydrogen (secondary N) is 3. The maximum absolute atomic E-state index is 14.3. The van der Waals surface area contributed by atoms with Crippen molar-refractivity contribution in [1.29, 1.82) is 5.26 Å². The first-order valence-electron chi connectivity index (χ1n) is 13.5. The second kappa shape index (κ2) is 12.1. The van der Waals surface area contributed by atoms with Gasteiger partial charge in [0.25, 0.3) is 5.91 Å². The molecule has 1 aliphatic carbocycles. The van der Waals surface area contributed by atoms with Crippen LogP contribution in [-0.2, 0) is 11.3 Å². The topological polar surface area (TPSA) is 176 Å². The first-order valence-corrected chi connectivity index (χ1v) is 13.5. The van der Waals surface area contributed by atoms with E-state index in [2.05, 4.69) is 42.3 Å². The first-order chi connectivity index (χ1) is 20.1. The highest BCUT2D eigenvalue weighted by Gasteiger charge is 2.31. The van der Waals surface area contributed by atoms with Gasteiger partial charge in [-0.25, -0.2) is 8.91 Å². The number of amides is 1. The molecule has 1 saturated carbocycles. The van der Waals surface area contributed by atoms with E-state index in [0.29, 0.717) is 47.0 Å². The Labute approximate surface area is 241 Å². The zero-order valence-corrected chi connectivity index (χ0v) is 23.5. The van der Waals surface area contributed by atoms with Gasteiger partial charge < -0.3 is 30.2 Å². The minimum absolute atomic E-state index is 0.0796. The summed E-state index contributed by atoms with van der Waals surface area (Å²) >= 11 is 0. The molecule has 13 nitrogen and oxygen atoms in total. The van der Waals surface area contributed by atoms with Crippen LogP contribution in [0.1, 0.15) is 48.5 Å². The van der Waals surface area contributed by atoms with Crippen molar-refractivity contribution in [2.45, 2.75) is 51.1 Å². The number of hydrogen-bond acceptors (Lipinski definition) is 11. The van der Waals surface area contributed by atoms with Crippen LogP contribution in [0.4, 0.5) is 16.1 Å². The number of methoxy groups -OCH3 is 1. The van der Waals surface area contributed by atoms with Gasteiger partial charge in [-0.1, -0.05) is 5.10 Å². The van der Waals surface area contributed by atoms with Crippen LogP contribution in [0.3, 0.4) is 0 Å². The Bertz CT molecular complexity index is 1600. The molecule has 1 atom stereocenters. The zero-order valence-electron chi connectivity index (χ0n) is 23.5. The largest absolute Gasteiger partial charge is 0.406 e. The number of ether oxygens (including phenoxy) is 1. The number of rotatable bonds is 12. The van der Waals surface area contributed by atoms with Crippen LogP contribution in [-0.4, -0.2) is 73.8 Å². The smallest absolute Gasteiger partial charge is 0.315 e. The van der Waals surface area contributed by atoms with Crippen molar-refractivity contribution < 1.29 is 23.4 Å². The average Bonchev–Trinajstić information content (AvgIpc) is 3.58. The van der Waals surface area contributed by atoms with Crippen LogP contribution in [0.2, 0.25) is 0 Å². The Morgan fingerprint density at radius 3 is 2.86 bits per heavy atom. The molecule has 1 amide bonds. The summed E-state index contributed by atoms with van der Waals surface area (Å²) in [5, 5.41) is 40.5. The van der Waals surface area contributed by atoms with Crippen molar-refractivity contribution in [3.63, 3.8) is 0 Å². The molecule has 14 heteroatoms. The molecular formula is C28H32FN9O4. The average molecular weight is 578 g/mol. The summed E-state index contributed by atoms with van der Waals surface area (Å²) in [5.74, 6) is 0.220. The number of carbonyl (C=O) groups excluding carboxylic acids is 1. The van der Waals surface area contributed by atoms with Gasteiger partial charge in [0.2, 0.25) is 5.89 Å². The summed E-state index contributed by atoms with van der Waals surface area (Å²) in [4.78, 5) is 17.6. The summed E-state index contributed by atoms with van der Waals surface area (Å²) in [6.45, 7) is 3.23. The SMILES string of the molecule is COCc1nnc(NC[C@H]2C[C@H](Nc3cc(-c4ccc5cc(C#N)cnn45)ncc3C(=O)NC[C@@H](F)C(C)(C)O)C2)o1.